The number of ether oxygens (including phenoxy) is 5. The molecule has 0 saturated heterocycles. The molecule has 0 saturated carbocycles. The van der Waals surface area contributed by atoms with E-state index in [2.05, 4.69) is 23.8 Å². The second-order valence-electron chi connectivity index (χ2n) is 8.27. The summed E-state index contributed by atoms with van der Waals surface area (Å²) in [4.78, 5) is 11.1. The van der Waals surface area contributed by atoms with Crippen LogP contribution in [0, 0.1) is 0 Å². The fraction of sp³-hybridized carbons (Fsp3) is 0.885. The topological polar surface area (TPSA) is 104 Å². The van der Waals surface area contributed by atoms with Crippen molar-refractivity contribution in [3.63, 3.8) is 0 Å². The predicted octanol–water partition coefficient (Wildman–Crippen LogP) is 3.81. The van der Waals surface area contributed by atoms with Crippen LogP contribution in [0.25, 0.3) is 0 Å². The molecule has 0 aliphatic heterocycles. The Kier molecular flexibility index (Phi) is 25.8. The fourth-order valence-electron chi connectivity index (χ4n) is 3.33. The minimum Gasteiger partial charge on any atom is -0.469 e. The van der Waals surface area contributed by atoms with Crippen LogP contribution in [-0.2, 0) is 28.5 Å². The van der Waals surface area contributed by atoms with Crippen molar-refractivity contribution in [2.24, 2.45) is 0 Å². The van der Waals surface area contributed by atoms with Crippen molar-refractivity contribution in [3.05, 3.63) is 12.2 Å². The number of carbonyl (C=O) groups is 1. The Labute approximate surface area is 206 Å². The fourth-order valence-corrected chi connectivity index (χ4v) is 3.33. The van der Waals surface area contributed by atoms with E-state index in [1.165, 1.54) is 7.11 Å². The summed E-state index contributed by atoms with van der Waals surface area (Å²) in [5.41, 5.74) is 0. The van der Waals surface area contributed by atoms with E-state index in [1.807, 2.05) is 0 Å². The largest absolute Gasteiger partial charge is 0.469 e. The molecule has 0 aliphatic carbocycles. The third-order valence-electron chi connectivity index (χ3n) is 5.33. The van der Waals surface area contributed by atoms with E-state index in [9.17, 15) is 9.90 Å². The molecule has 0 aliphatic rings. The molecule has 0 rings (SSSR count). The molecule has 8 nitrogen and oxygen atoms in total. The monoisotopic (exact) mass is 490 g/mol. The first kappa shape index (κ1) is 33.0. The van der Waals surface area contributed by atoms with Crippen LogP contribution in [0.15, 0.2) is 12.2 Å². The van der Waals surface area contributed by atoms with Crippen molar-refractivity contribution in [1.29, 1.82) is 0 Å². The lowest BCUT2D eigenvalue weighted by Crippen LogP contribution is -2.30. The number of aliphatic hydroxyl groups is 2. The molecule has 0 aromatic heterocycles. The number of carbonyl (C=O) groups excluding carboxylic acids is 1. The summed E-state index contributed by atoms with van der Waals surface area (Å²) in [6.07, 6.45) is 13.9. The van der Waals surface area contributed by atoms with Gasteiger partial charge < -0.3 is 33.9 Å². The normalized spacial score (nSPS) is 13.4. The molecule has 202 valence electrons. The number of allylic oxidation sites excluding steroid dienone is 1. The Morgan fingerprint density at radius 1 is 0.824 bits per heavy atom. The van der Waals surface area contributed by atoms with Crippen LogP contribution in [0.4, 0.5) is 0 Å². The lowest BCUT2D eigenvalue weighted by atomic mass is 10.0. The van der Waals surface area contributed by atoms with Gasteiger partial charge in [0.25, 0.3) is 0 Å². The first-order valence-corrected chi connectivity index (χ1v) is 13.0. The molecule has 2 atom stereocenters. The Morgan fingerprint density at radius 3 is 2.09 bits per heavy atom. The van der Waals surface area contributed by atoms with Crippen molar-refractivity contribution in [2.75, 3.05) is 60.0 Å². The van der Waals surface area contributed by atoms with Gasteiger partial charge in [-0.25, -0.2) is 0 Å². The maximum Gasteiger partial charge on any atom is 0.305 e. The SMILES string of the molecule is CCCCC(OCCOCCOCCOCCO)C(O)CC=CCCCCCCCC(=O)OC. The number of aliphatic hydroxyl groups excluding tert-OH is 2. The van der Waals surface area contributed by atoms with E-state index in [0.717, 1.165) is 57.8 Å². The quantitative estimate of drug-likeness (QED) is 0.107. The van der Waals surface area contributed by atoms with E-state index in [1.54, 1.807) is 0 Å². The van der Waals surface area contributed by atoms with Crippen LogP contribution in [-0.4, -0.2) is 88.4 Å². The van der Waals surface area contributed by atoms with Gasteiger partial charge in [0.15, 0.2) is 0 Å². The first-order chi connectivity index (χ1) is 16.7. The van der Waals surface area contributed by atoms with E-state index < -0.39 is 6.10 Å². The summed E-state index contributed by atoms with van der Waals surface area (Å²) in [7, 11) is 1.43. The summed E-state index contributed by atoms with van der Waals surface area (Å²) < 4.78 is 26.6. The molecule has 0 amide bonds. The lowest BCUT2D eigenvalue weighted by molar-refractivity contribution is -0.140. The summed E-state index contributed by atoms with van der Waals surface area (Å²) in [5, 5.41) is 19.2. The summed E-state index contributed by atoms with van der Waals surface area (Å²) in [6.45, 7) is 5.33. The average molecular weight is 491 g/mol. The molecule has 34 heavy (non-hydrogen) atoms. The number of hydrogen-bond acceptors (Lipinski definition) is 8. The maximum absolute atomic E-state index is 11.1. The Morgan fingerprint density at radius 2 is 1.44 bits per heavy atom. The van der Waals surface area contributed by atoms with Gasteiger partial charge in [-0.15, -0.1) is 0 Å². The van der Waals surface area contributed by atoms with Crippen LogP contribution in [0.5, 0.6) is 0 Å². The van der Waals surface area contributed by atoms with Crippen LogP contribution >= 0.6 is 0 Å². The van der Waals surface area contributed by atoms with E-state index in [-0.39, 0.29) is 18.7 Å². The molecule has 0 aromatic rings. The van der Waals surface area contributed by atoms with Crippen LogP contribution in [0.1, 0.15) is 77.6 Å². The van der Waals surface area contributed by atoms with Crippen LogP contribution in [0.2, 0.25) is 0 Å². The van der Waals surface area contributed by atoms with Gasteiger partial charge in [-0.05, 0) is 32.1 Å². The maximum atomic E-state index is 11.1. The smallest absolute Gasteiger partial charge is 0.305 e. The zero-order valence-electron chi connectivity index (χ0n) is 21.6. The number of methoxy groups -OCH3 is 1. The summed E-state index contributed by atoms with van der Waals surface area (Å²) in [6, 6.07) is 0. The number of rotatable bonds is 26. The predicted molar refractivity (Wildman–Crippen MR) is 133 cm³/mol. The number of esters is 1. The molecular formula is C26H50O8. The molecule has 8 heteroatoms. The van der Waals surface area contributed by atoms with Gasteiger partial charge in [0.2, 0.25) is 0 Å². The average Bonchev–Trinajstić information content (AvgIpc) is 2.85. The van der Waals surface area contributed by atoms with Crippen molar-refractivity contribution in [2.45, 2.75) is 89.8 Å². The van der Waals surface area contributed by atoms with Crippen molar-refractivity contribution in [1.82, 2.24) is 0 Å². The highest BCUT2D eigenvalue weighted by molar-refractivity contribution is 5.68. The lowest BCUT2D eigenvalue weighted by Gasteiger charge is -2.22. The minimum absolute atomic E-state index is 0.0230. The zero-order valence-corrected chi connectivity index (χ0v) is 21.6. The summed E-state index contributed by atoms with van der Waals surface area (Å²) >= 11 is 0. The van der Waals surface area contributed by atoms with Gasteiger partial charge in [-0.2, -0.15) is 0 Å². The van der Waals surface area contributed by atoms with Gasteiger partial charge in [-0.1, -0.05) is 51.2 Å². The third-order valence-corrected chi connectivity index (χ3v) is 5.33. The zero-order chi connectivity index (χ0) is 25.1. The second-order valence-corrected chi connectivity index (χ2v) is 8.27. The molecule has 0 aromatic carbocycles. The van der Waals surface area contributed by atoms with Gasteiger partial charge in [0.1, 0.15) is 0 Å². The van der Waals surface area contributed by atoms with Crippen molar-refractivity contribution >= 4 is 5.97 Å². The van der Waals surface area contributed by atoms with Crippen molar-refractivity contribution in [3.8, 4) is 0 Å². The number of unbranched alkanes of at least 4 members (excludes halogenated alkanes) is 6. The number of hydrogen-bond donors (Lipinski definition) is 2. The highest BCUT2D eigenvalue weighted by Crippen LogP contribution is 2.14. The minimum atomic E-state index is -0.511. The molecule has 2 unspecified atom stereocenters. The second kappa shape index (κ2) is 26.6. The molecular weight excluding hydrogens is 440 g/mol. The summed E-state index contributed by atoms with van der Waals surface area (Å²) in [5.74, 6) is -0.127. The Bertz CT molecular complexity index is 458. The van der Waals surface area contributed by atoms with E-state index in [0.29, 0.717) is 59.1 Å². The molecule has 0 fully saturated rings. The van der Waals surface area contributed by atoms with Gasteiger partial charge >= 0.3 is 5.97 Å². The van der Waals surface area contributed by atoms with Crippen LogP contribution < -0.4 is 0 Å². The van der Waals surface area contributed by atoms with Gasteiger partial charge in [0, 0.05) is 6.42 Å². The van der Waals surface area contributed by atoms with E-state index >= 15 is 0 Å². The van der Waals surface area contributed by atoms with Gasteiger partial charge in [0.05, 0.1) is 72.2 Å². The molecule has 2 N–H and O–H groups in total. The Balaban J connectivity index is 3.80. The van der Waals surface area contributed by atoms with E-state index in [4.69, 9.17) is 24.1 Å². The highest BCUT2D eigenvalue weighted by Gasteiger charge is 2.18. The molecule has 0 bridgehead atoms. The van der Waals surface area contributed by atoms with Crippen LogP contribution in [0.3, 0.4) is 0 Å². The molecule has 0 spiro atoms. The Hall–Kier alpha value is -1.03. The standard InChI is InChI=1S/C26H50O8/c1-3-4-14-25(34-23-22-33-21-20-32-19-18-31-17-16-27)24(28)13-11-9-7-5-6-8-10-12-15-26(29)30-2/h9,11,24-25,27-28H,3-8,10,12-23H2,1-2H3. The van der Waals surface area contributed by atoms with Crippen molar-refractivity contribution < 1.29 is 38.7 Å². The first-order valence-electron chi connectivity index (χ1n) is 13.0. The van der Waals surface area contributed by atoms with Gasteiger partial charge in [-0.3, -0.25) is 4.79 Å². The third kappa shape index (κ3) is 22.7. The molecule has 0 heterocycles. The highest BCUT2D eigenvalue weighted by atomic mass is 16.6. The molecule has 0 radical (unpaired) electrons.